The number of hydrogen-bond acceptors (Lipinski definition) is 4. The van der Waals surface area contributed by atoms with Crippen LogP contribution in [0.15, 0.2) is 17.0 Å². The molecule has 6 nitrogen and oxygen atoms in total. The molecule has 0 bridgehead atoms. The maximum absolute atomic E-state index is 13.9. The van der Waals surface area contributed by atoms with Gasteiger partial charge in [-0.05, 0) is 26.0 Å². The Morgan fingerprint density at radius 3 is 2.24 bits per heavy atom. The van der Waals surface area contributed by atoms with Crippen LogP contribution >= 0.6 is 0 Å². The second kappa shape index (κ2) is 6.34. The molecule has 0 aliphatic carbocycles. The highest BCUT2D eigenvalue weighted by Crippen LogP contribution is 2.27. The number of anilines is 1. The zero-order valence-corrected chi connectivity index (χ0v) is 14.5. The molecule has 10 heteroatoms. The number of hydrogen-bond donors (Lipinski definition) is 1. The fourth-order valence-electron chi connectivity index (χ4n) is 2.98. The molecule has 2 heterocycles. The van der Waals surface area contributed by atoms with Gasteiger partial charge in [0.15, 0.2) is 17.5 Å². The first kappa shape index (κ1) is 17.7. The number of halogens is 3. The lowest BCUT2D eigenvalue weighted by molar-refractivity contribution is 0.380. The Labute approximate surface area is 143 Å². The van der Waals surface area contributed by atoms with Crippen LogP contribution in [0.4, 0.5) is 18.9 Å². The summed E-state index contributed by atoms with van der Waals surface area (Å²) < 4.78 is 67.2. The van der Waals surface area contributed by atoms with Crippen LogP contribution < -0.4 is 4.90 Å². The molecule has 1 N–H and O–H groups in total. The minimum Gasteiger partial charge on any atom is -0.366 e. The number of aromatic amines is 1. The molecule has 3 rings (SSSR count). The van der Waals surface area contributed by atoms with Crippen molar-refractivity contribution in [3.63, 3.8) is 0 Å². The number of piperazine rings is 1. The highest BCUT2D eigenvalue weighted by molar-refractivity contribution is 7.89. The third-order valence-electron chi connectivity index (χ3n) is 4.25. The van der Waals surface area contributed by atoms with Crippen molar-refractivity contribution in [2.75, 3.05) is 31.1 Å². The topological polar surface area (TPSA) is 69.3 Å². The third kappa shape index (κ3) is 2.99. The second-order valence-corrected chi connectivity index (χ2v) is 7.72. The maximum atomic E-state index is 13.9. The molecule has 2 aromatic rings. The molecule has 0 saturated carbocycles. The standard InChI is InChI=1S/C15H17F3N4O2S/c1-9-15(10(2)20-19-9)25(23,24)22-7-5-21(6-8-22)12-4-3-11(16)13(17)14(12)18/h3-4H,5-8H2,1-2H3,(H,19,20). The van der Waals surface area contributed by atoms with Crippen LogP contribution in [0, 0.1) is 31.3 Å². The first-order valence-corrected chi connectivity index (χ1v) is 9.07. The molecule has 25 heavy (non-hydrogen) atoms. The van der Waals surface area contributed by atoms with Crippen LogP contribution in [0.5, 0.6) is 0 Å². The van der Waals surface area contributed by atoms with Crippen molar-refractivity contribution in [3.8, 4) is 0 Å². The molecule has 1 aromatic carbocycles. The summed E-state index contributed by atoms with van der Waals surface area (Å²) >= 11 is 0. The lowest BCUT2D eigenvalue weighted by Crippen LogP contribution is -2.49. The van der Waals surface area contributed by atoms with Gasteiger partial charge in [0.2, 0.25) is 10.0 Å². The predicted molar refractivity (Wildman–Crippen MR) is 85.3 cm³/mol. The van der Waals surface area contributed by atoms with E-state index in [2.05, 4.69) is 10.2 Å². The molecule has 1 aromatic heterocycles. The van der Waals surface area contributed by atoms with Gasteiger partial charge in [-0.3, -0.25) is 5.10 Å². The number of aryl methyl sites for hydroxylation is 2. The predicted octanol–water partition coefficient (Wildman–Crippen LogP) is 1.95. The first-order chi connectivity index (χ1) is 11.7. The summed E-state index contributed by atoms with van der Waals surface area (Å²) in [5.74, 6) is -4.05. The van der Waals surface area contributed by atoms with E-state index >= 15 is 0 Å². The van der Waals surface area contributed by atoms with E-state index in [1.165, 1.54) is 9.21 Å². The molecule has 1 aliphatic heterocycles. The molecule has 0 unspecified atom stereocenters. The number of rotatable bonds is 3. The number of benzene rings is 1. The van der Waals surface area contributed by atoms with Crippen LogP contribution in [0.25, 0.3) is 0 Å². The normalized spacial score (nSPS) is 16.4. The van der Waals surface area contributed by atoms with Crippen molar-refractivity contribution in [3.05, 3.63) is 41.0 Å². The number of H-pyrrole nitrogens is 1. The summed E-state index contributed by atoms with van der Waals surface area (Å²) in [7, 11) is -3.73. The zero-order valence-electron chi connectivity index (χ0n) is 13.7. The second-order valence-electron chi connectivity index (χ2n) is 5.85. The Kier molecular flexibility index (Phi) is 4.50. The molecule has 1 saturated heterocycles. The summed E-state index contributed by atoms with van der Waals surface area (Å²) in [6, 6.07) is 2.01. The van der Waals surface area contributed by atoms with Gasteiger partial charge in [-0.1, -0.05) is 0 Å². The van der Waals surface area contributed by atoms with E-state index in [0.717, 1.165) is 12.1 Å². The SMILES string of the molecule is Cc1n[nH]c(C)c1S(=O)(=O)N1CCN(c2ccc(F)c(F)c2F)CC1. The average Bonchev–Trinajstić information content (AvgIpc) is 2.92. The molecule has 1 aliphatic rings. The van der Waals surface area contributed by atoms with Gasteiger partial charge in [-0.25, -0.2) is 21.6 Å². The lowest BCUT2D eigenvalue weighted by atomic mass is 10.2. The van der Waals surface area contributed by atoms with Crippen LogP contribution in [-0.4, -0.2) is 49.1 Å². The van der Waals surface area contributed by atoms with Crippen molar-refractivity contribution >= 4 is 15.7 Å². The number of nitrogens with one attached hydrogen (secondary N) is 1. The van der Waals surface area contributed by atoms with Crippen molar-refractivity contribution in [1.29, 1.82) is 0 Å². The van der Waals surface area contributed by atoms with E-state index < -0.39 is 27.5 Å². The molecule has 0 amide bonds. The minimum absolute atomic E-state index is 0.0772. The molecular weight excluding hydrogens is 357 g/mol. The Balaban J connectivity index is 1.80. The van der Waals surface area contributed by atoms with E-state index in [-0.39, 0.29) is 36.8 Å². The lowest BCUT2D eigenvalue weighted by Gasteiger charge is -2.35. The Morgan fingerprint density at radius 1 is 1.04 bits per heavy atom. The van der Waals surface area contributed by atoms with E-state index in [9.17, 15) is 21.6 Å². The summed E-state index contributed by atoms with van der Waals surface area (Å²) in [5, 5.41) is 6.54. The van der Waals surface area contributed by atoms with Crippen molar-refractivity contribution < 1.29 is 21.6 Å². The van der Waals surface area contributed by atoms with Gasteiger partial charge in [0.1, 0.15) is 4.90 Å². The van der Waals surface area contributed by atoms with Crippen LogP contribution in [0.2, 0.25) is 0 Å². The summed E-state index contributed by atoms with van der Waals surface area (Å²) in [6.45, 7) is 3.76. The van der Waals surface area contributed by atoms with E-state index in [1.807, 2.05) is 0 Å². The van der Waals surface area contributed by atoms with E-state index in [4.69, 9.17) is 0 Å². The molecule has 1 fully saturated rings. The van der Waals surface area contributed by atoms with Gasteiger partial charge in [0.05, 0.1) is 17.1 Å². The van der Waals surface area contributed by atoms with Gasteiger partial charge < -0.3 is 4.90 Å². The van der Waals surface area contributed by atoms with Crippen molar-refractivity contribution in [2.45, 2.75) is 18.7 Å². The Hall–Kier alpha value is -2.07. The van der Waals surface area contributed by atoms with Crippen LogP contribution in [0.1, 0.15) is 11.4 Å². The van der Waals surface area contributed by atoms with E-state index in [1.54, 1.807) is 13.8 Å². The Morgan fingerprint density at radius 2 is 1.68 bits per heavy atom. The van der Waals surface area contributed by atoms with Gasteiger partial charge in [-0.15, -0.1) is 0 Å². The fourth-order valence-corrected chi connectivity index (χ4v) is 4.73. The maximum Gasteiger partial charge on any atom is 0.246 e. The van der Waals surface area contributed by atoms with Gasteiger partial charge in [0.25, 0.3) is 0 Å². The summed E-state index contributed by atoms with van der Waals surface area (Å²) in [6.07, 6.45) is 0. The van der Waals surface area contributed by atoms with Gasteiger partial charge >= 0.3 is 0 Å². The Bertz CT molecular complexity index is 886. The summed E-state index contributed by atoms with van der Waals surface area (Å²) in [4.78, 5) is 1.64. The smallest absolute Gasteiger partial charge is 0.246 e. The molecule has 0 spiro atoms. The number of nitrogens with zero attached hydrogens (tertiary/aromatic N) is 3. The van der Waals surface area contributed by atoms with Gasteiger partial charge in [0, 0.05) is 26.2 Å². The number of sulfonamides is 1. The highest BCUT2D eigenvalue weighted by Gasteiger charge is 2.33. The number of aromatic nitrogens is 2. The highest BCUT2D eigenvalue weighted by atomic mass is 32.2. The molecule has 0 radical (unpaired) electrons. The summed E-state index contributed by atoms with van der Waals surface area (Å²) in [5.41, 5.74) is 0.754. The zero-order chi connectivity index (χ0) is 18.4. The largest absolute Gasteiger partial charge is 0.366 e. The van der Waals surface area contributed by atoms with Crippen molar-refractivity contribution in [2.24, 2.45) is 0 Å². The van der Waals surface area contributed by atoms with Gasteiger partial charge in [-0.2, -0.15) is 9.40 Å². The van der Waals surface area contributed by atoms with Crippen molar-refractivity contribution in [1.82, 2.24) is 14.5 Å². The van der Waals surface area contributed by atoms with Crippen LogP contribution in [0.3, 0.4) is 0 Å². The van der Waals surface area contributed by atoms with Crippen LogP contribution in [-0.2, 0) is 10.0 Å². The third-order valence-corrected chi connectivity index (χ3v) is 6.41. The minimum atomic E-state index is -3.73. The molecule has 0 atom stereocenters. The quantitative estimate of drug-likeness (QED) is 0.834. The molecule has 136 valence electrons. The first-order valence-electron chi connectivity index (χ1n) is 7.63. The van der Waals surface area contributed by atoms with E-state index in [0.29, 0.717) is 11.4 Å². The molecular formula is C15H17F3N4O2S. The fraction of sp³-hybridized carbons (Fsp3) is 0.400. The monoisotopic (exact) mass is 374 g/mol. The average molecular weight is 374 g/mol.